The highest BCUT2D eigenvalue weighted by Crippen LogP contribution is 2.16. The Morgan fingerprint density at radius 1 is 1.35 bits per heavy atom. The molecule has 90 valence electrons. The van der Waals surface area contributed by atoms with Gasteiger partial charge in [-0.2, -0.15) is 0 Å². The van der Waals surface area contributed by atoms with Crippen LogP contribution in [-0.2, 0) is 4.79 Å². The molecular formula is C14H18N2O. The van der Waals surface area contributed by atoms with Crippen molar-refractivity contribution in [1.82, 2.24) is 5.32 Å². The number of hydrogen-bond acceptors (Lipinski definition) is 2. The van der Waals surface area contributed by atoms with Gasteiger partial charge in [-0.05, 0) is 37.1 Å². The average molecular weight is 230 g/mol. The highest BCUT2D eigenvalue weighted by Gasteiger charge is 2.07. The molecule has 1 rings (SSSR count). The Balaban J connectivity index is 2.66. The summed E-state index contributed by atoms with van der Waals surface area (Å²) < 4.78 is 0. The first-order valence-electron chi connectivity index (χ1n) is 5.52. The van der Waals surface area contributed by atoms with Crippen molar-refractivity contribution in [3.8, 4) is 12.3 Å². The smallest absolute Gasteiger partial charge is 0.240 e. The molecule has 1 N–H and O–H groups in total. The van der Waals surface area contributed by atoms with Crippen molar-refractivity contribution in [1.29, 1.82) is 0 Å². The second kappa shape index (κ2) is 5.95. The molecule has 0 radical (unpaired) electrons. The number of anilines is 1. The molecular weight excluding hydrogens is 212 g/mol. The molecule has 0 aliphatic carbocycles. The number of rotatable bonds is 4. The molecule has 0 aliphatic rings. The van der Waals surface area contributed by atoms with Gasteiger partial charge in [0.15, 0.2) is 0 Å². The first-order valence-corrected chi connectivity index (χ1v) is 5.52. The average Bonchev–Trinajstić information content (AvgIpc) is 2.25. The molecule has 0 bridgehead atoms. The third kappa shape index (κ3) is 4.20. The van der Waals surface area contributed by atoms with Crippen LogP contribution in [0, 0.1) is 26.2 Å². The Bertz CT molecular complexity index is 426. The van der Waals surface area contributed by atoms with Gasteiger partial charge in [-0.3, -0.25) is 4.79 Å². The van der Waals surface area contributed by atoms with Gasteiger partial charge in [-0.25, -0.2) is 0 Å². The molecule has 0 aromatic heterocycles. The quantitative estimate of drug-likeness (QED) is 0.795. The van der Waals surface area contributed by atoms with Crippen LogP contribution in [0.3, 0.4) is 0 Å². The van der Waals surface area contributed by atoms with Crippen LogP contribution in [0.4, 0.5) is 5.69 Å². The summed E-state index contributed by atoms with van der Waals surface area (Å²) in [7, 11) is 1.89. The molecule has 3 nitrogen and oxygen atoms in total. The van der Waals surface area contributed by atoms with Crippen molar-refractivity contribution in [2.45, 2.75) is 13.8 Å². The van der Waals surface area contributed by atoms with Gasteiger partial charge < -0.3 is 10.2 Å². The van der Waals surface area contributed by atoms with Gasteiger partial charge in [-0.15, -0.1) is 6.42 Å². The molecule has 0 unspecified atom stereocenters. The normalized spacial score (nSPS) is 9.53. The molecule has 0 fully saturated rings. The van der Waals surface area contributed by atoms with E-state index in [9.17, 15) is 4.79 Å². The Morgan fingerprint density at radius 2 is 1.94 bits per heavy atom. The van der Waals surface area contributed by atoms with Crippen molar-refractivity contribution in [2.24, 2.45) is 0 Å². The van der Waals surface area contributed by atoms with Crippen molar-refractivity contribution in [3.63, 3.8) is 0 Å². The zero-order valence-electron chi connectivity index (χ0n) is 10.6. The first-order chi connectivity index (χ1) is 8.02. The third-order valence-electron chi connectivity index (χ3n) is 2.42. The van der Waals surface area contributed by atoms with E-state index in [1.807, 2.05) is 25.8 Å². The van der Waals surface area contributed by atoms with Crippen molar-refractivity contribution in [2.75, 3.05) is 25.0 Å². The highest BCUT2D eigenvalue weighted by molar-refractivity contribution is 5.81. The monoisotopic (exact) mass is 230 g/mol. The Hall–Kier alpha value is -1.95. The molecule has 1 aromatic carbocycles. The molecule has 0 heterocycles. The van der Waals surface area contributed by atoms with E-state index in [2.05, 4.69) is 29.4 Å². The fourth-order valence-electron chi connectivity index (χ4n) is 1.68. The summed E-state index contributed by atoms with van der Waals surface area (Å²) in [5, 5.41) is 2.65. The predicted molar refractivity (Wildman–Crippen MR) is 71.0 cm³/mol. The summed E-state index contributed by atoms with van der Waals surface area (Å²) in [6, 6.07) is 6.22. The number of benzene rings is 1. The van der Waals surface area contributed by atoms with Crippen molar-refractivity contribution >= 4 is 11.6 Å². The lowest BCUT2D eigenvalue weighted by molar-refractivity contribution is -0.119. The summed E-state index contributed by atoms with van der Waals surface area (Å²) in [5.41, 5.74) is 3.42. The maximum absolute atomic E-state index is 11.5. The van der Waals surface area contributed by atoms with Crippen LogP contribution in [-0.4, -0.2) is 26.0 Å². The van der Waals surface area contributed by atoms with E-state index < -0.39 is 0 Å². The highest BCUT2D eigenvalue weighted by atomic mass is 16.1. The molecule has 3 heteroatoms. The predicted octanol–water partition coefficient (Wildman–Crippen LogP) is 1.49. The summed E-state index contributed by atoms with van der Waals surface area (Å²) in [4.78, 5) is 13.4. The van der Waals surface area contributed by atoms with Crippen LogP contribution in [0.2, 0.25) is 0 Å². The number of aryl methyl sites for hydroxylation is 2. The van der Waals surface area contributed by atoms with Crippen LogP contribution >= 0.6 is 0 Å². The molecule has 0 spiro atoms. The van der Waals surface area contributed by atoms with Crippen molar-refractivity contribution < 1.29 is 4.79 Å². The molecule has 1 amide bonds. The Morgan fingerprint density at radius 3 is 2.47 bits per heavy atom. The van der Waals surface area contributed by atoms with Gasteiger partial charge >= 0.3 is 0 Å². The standard InChI is InChI=1S/C14H18N2O/c1-5-6-15-14(17)10-16(4)13-8-11(2)7-12(3)9-13/h1,7-9H,6,10H2,2-4H3,(H,15,17). The molecule has 0 saturated carbocycles. The molecule has 0 saturated heterocycles. The fraction of sp³-hybridized carbons (Fsp3) is 0.357. The van der Waals surface area contributed by atoms with Gasteiger partial charge in [-0.1, -0.05) is 12.0 Å². The van der Waals surface area contributed by atoms with E-state index in [-0.39, 0.29) is 12.5 Å². The minimum atomic E-state index is -0.0652. The summed E-state index contributed by atoms with van der Waals surface area (Å²) >= 11 is 0. The second-order valence-corrected chi connectivity index (χ2v) is 4.18. The number of carbonyl (C=O) groups is 1. The lowest BCUT2D eigenvalue weighted by Gasteiger charge is -2.19. The molecule has 0 aliphatic heterocycles. The second-order valence-electron chi connectivity index (χ2n) is 4.18. The SMILES string of the molecule is C#CCNC(=O)CN(C)c1cc(C)cc(C)c1. The maximum atomic E-state index is 11.5. The number of hydrogen-bond donors (Lipinski definition) is 1. The van der Waals surface area contributed by atoms with Gasteiger partial charge in [0.2, 0.25) is 5.91 Å². The molecule has 17 heavy (non-hydrogen) atoms. The van der Waals surface area contributed by atoms with Crippen LogP contribution < -0.4 is 10.2 Å². The lowest BCUT2D eigenvalue weighted by Crippen LogP contribution is -2.35. The van der Waals surface area contributed by atoms with E-state index in [0.29, 0.717) is 6.54 Å². The zero-order chi connectivity index (χ0) is 12.8. The Labute approximate surface area is 103 Å². The van der Waals surface area contributed by atoms with Crippen LogP contribution in [0.5, 0.6) is 0 Å². The van der Waals surface area contributed by atoms with Crippen molar-refractivity contribution in [3.05, 3.63) is 29.3 Å². The number of likely N-dealkylation sites (N-methyl/N-ethyl adjacent to an activating group) is 1. The van der Waals surface area contributed by atoms with Gasteiger partial charge in [0.25, 0.3) is 0 Å². The number of terminal acetylenes is 1. The van der Waals surface area contributed by atoms with Crippen LogP contribution in [0.1, 0.15) is 11.1 Å². The Kier molecular flexibility index (Phi) is 4.59. The third-order valence-corrected chi connectivity index (χ3v) is 2.42. The summed E-state index contributed by atoms with van der Waals surface area (Å²) in [6.07, 6.45) is 5.08. The lowest BCUT2D eigenvalue weighted by atomic mass is 10.1. The van der Waals surface area contributed by atoms with E-state index in [4.69, 9.17) is 6.42 Å². The van der Waals surface area contributed by atoms with E-state index in [0.717, 1.165) is 5.69 Å². The van der Waals surface area contributed by atoms with Gasteiger partial charge in [0.05, 0.1) is 13.1 Å². The number of nitrogens with one attached hydrogen (secondary N) is 1. The largest absolute Gasteiger partial charge is 0.365 e. The maximum Gasteiger partial charge on any atom is 0.240 e. The summed E-state index contributed by atoms with van der Waals surface area (Å²) in [6.45, 7) is 4.68. The topological polar surface area (TPSA) is 32.3 Å². The van der Waals surface area contributed by atoms with Crippen LogP contribution in [0.25, 0.3) is 0 Å². The minimum absolute atomic E-state index is 0.0652. The number of carbonyl (C=O) groups excluding carboxylic acids is 1. The van der Waals surface area contributed by atoms with E-state index in [1.54, 1.807) is 0 Å². The van der Waals surface area contributed by atoms with Crippen LogP contribution in [0.15, 0.2) is 18.2 Å². The van der Waals surface area contributed by atoms with Gasteiger partial charge in [0.1, 0.15) is 0 Å². The number of amides is 1. The van der Waals surface area contributed by atoms with Gasteiger partial charge in [0, 0.05) is 12.7 Å². The molecule has 1 aromatic rings. The number of nitrogens with zero attached hydrogens (tertiary/aromatic N) is 1. The zero-order valence-corrected chi connectivity index (χ0v) is 10.6. The fourth-order valence-corrected chi connectivity index (χ4v) is 1.68. The molecule has 0 atom stereocenters. The summed E-state index contributed by atoms with van der Waals surface area (Å²) in [5.74, 6) is 2.31. The first kappa shape index (κ1) is 13.1. The van der Waals surface area contributed by atoms with E-state index >= 15 is 0 Å². The minimum Gasteiger partial charge on any atom is -0.365 e. The van der Waals surface area contributed by atoms with E-state index in [1.165, 1.54) is 11.1 Å².